The molecule has 1 amide bonds. The summed E-state index contributed by atoms with van der Waals surface area (Å²) in [6.45, 7) is 4.14. The van der Waals surface area contributed by atoms with E-state index in [1.807, 2.05) is 12.1 Å². The van der Waals surface area contributed by atoms with Crippen LogP contribution in [0.25, 0.3) is 0 Å². The predicted molar refractivity (Wildman–Crippen MR) is 88.6 cm³/mol. The van der Waals surface area contributed by atoms with Gasteiger partial charge in [-0.25, -0.2) is 0 Å². The van der Waals surface area contributed by atoms with Crippen molar-refractivity contribution in [3.8, 4) is 0 Å². The van der Waals surface area contributed by atoms with Crippen LogP contribution in [-0.4, -0.2) is 18.2 Å². The summed E-state index contributed by atoms with van der Waals surface area (Å²) in [5.74, 6) is -0.0122. The van der Waals surface area contributed by atoms with Crippen molar-refractivity contribution in [1.82, 2.24) is 5.32 Å². The average Bonchev–Trinajstić information content (AvgIpc) is 2.52. The third-order valence-corrected chi connectivity index (χ3v) is 3.63. The summed E-state index contributed by atoms with van der Waals surface area (Å²) >= 11 is 5.85. The number of hydrogen-bond acceptors (Lipinski definition) is 2. The van der Waals surface area contributed by atoms with E-state index in [0.29, 0.717) is 22.1 Å². The number of rotatable bonds is 5. The van der Waals surface area contributed by atoms with E-state index in [0.717, 1.165) is 0 Å². The van der Waals surface area contributed by atoms with Gasteiger partial charge in [-0.2, -0.15) is 0 Å². The second-order valence-corrected chi connectivity index (χ2v) is 5.83. The molecule has 0 bridgehead atoms. The van der Waals surface area contributed by atoms with E-state index < -0.39 is 0 Å². The molecule has 0 aliphatic heterocycles. The molecule has 0 saturated carbocycles. The van der Waals surface area contributed by atoms with Gasteiger partial charge in [0.05, 0.1) is 6.54 Å². The summed E-state index contributed by atoms with van der Waals surface area (Å²) in [6.07, 6.45) is 0. The minimum Gasteiger partial charge on any atom is -0.345 e. The van der Waals surface area contributed by atoms with Crippen LogP contribution in [0.15, 0.2) is 48.5 Å². The number of nitrogens with one attached hydrogen (secondary N) is 1. The van der Waals surface area contributed by atoms with Crippen molar-refractivity contribution in [2.45, 2.75) is 19.8 Å². The number of benzene rings is 2. The van der Waals surface area contributed by atoms with Crippen molar-refractivity contribution < 1.29 is 9.59 Å². The van der Waals surface area contributed by atoms with Gasteiger partial charge in [-0.3, -0.25) is 9.59 Å². The number of carbonyl (C=O) groups is 2. The second kappa shape index (κ2) is 7.23. The fourth-order valence-corrected chi connectivity index (χ4v) is 2.24. The Bertz CT molecular complexity index is 678. The molecule has 0 atom stereocenters. The molecule has 1 N–H and O–H groups in total. The molecule has 3 nitrogen and oxygen atoms in total. The van der Waals surface area contributed by atoms with Crippen molar-refractivity contribution in [3.63, 3.8) is 0 Å². The molecule has 0 aliphatic carbocycles. The Morgan fingerprint density at radius 2 is 1.73 bits per heavy atom. The third-order valence-electron chi connectivity index (χ3n) is 3.40. The quantitative estimate of drug-likeness (QED) is 0.845. The molecule has 0 radical (unpaired) electrons. The van der Waals surface area contributed by atoms with Gasteiger partial charge in [-0.15, -0.1) is 0 Å². The first-order valence-corrected chi connectivity index (χ1v) is 7.52. The molecule has 0 fully saturated rings. The fourth-order valence-electron chi connectivity index (χ4n) is 2.05. The van der Waals surface area contributed by atoms with Gasteiger partial charge in [0.25, 0.3) is 5.91 Å². The lowest BCUT2D eigenvalue weighted by molar-refractivity contribution is 0.0904. The van der Waals surface area contributed by atoms with Crippen molar-refractivity contribution >= 4 is 23.3 Å². The Kier molecular flexibility index (Phi) is 5.34. The maximum atomic E-state index is 12.0. The molecule has 114 valence electrons. The van der Waals surface area contributed by atoms with Crippen molar-refractivity contribution in [2.75, 3.05) is 6.54 Å². The van der Waals surface area contributed by atoms with Crippen LogP contribution in [0.2, 0.25) is 5.02 Å². The van der Waals surface area contributed by atoms with Gasteiger partial charge in [0, 0.05) is 16.1 Å². The topological polar surface area (TPSA) is 46.2 Å². The second-order valence-electron chi connectivity index (χ2n) is 5.39. The maximum Gasteiger partial charge on any atom is 0.251 e. The van der Waals surface area contributed by atoms with Crippen LogP contribution in [0.3, 0.4) is 0 Å². The predicted octanol–water partition coefficient (Wildman–Crippen LogP) is 4.08. The lowest BCUT2D eigenvalue weighted by Gasteiger charge is -2.08. The molecule has 2 aromatic carbocycles. The number of hydrogen-bond donors (Lipinski definition) is 1. The SMILES string of the molecule is CC(C)c1ccc(C(=O)NCC(=O)c2cccc(Cl)c2)cc1. The van der Waals surface area contributed by atoms with E-state index in [4.69, 9.17) is 11.6 Å². The molecule has 0 heterocycles. The zero-order valence-electron chi connectivity index (χ0n) is 12.6. The van der Waals surface area contributed by atoms with Crippen LogP contribution in [0.1, 0.15) is 46.0 Å². The van der Waals surface area contributed by atoms with E-state index >= 15 is 0 Å². The minimum absolute atomic E-state index is 0.0505. The van der Waals surface area contributed by atoms with Gasteiger partial charge in [-0.05, 0) is 35.7 Å². The molecule has 0 unspecified atom stereocenters. The molecule has 0 spiro atoms. The highest BCUT2D eigenvalue weighted by Gasteiger charge is 2.10. The lowest BCUT2D eigenvalue weighted by Crippen LogP contribution is -2.29. The summed E-state index contributed by atoms with van der Waals surface area (Å²) < 4.78 is 0. The smallest absolute Gasteiger partial charge is 0.251 e. The molecular formula is C18H18ClNO2. The summed E-state index contributed by atoms with van der Waals surface area (Å²) in [6, 6.07) is 14.1. The number of amides is 1. The van der Waals surface area contributed by atoms with Gasteiger partial charge in [0.1, 0.15) is 0 Å². The normalized spacial score (nSPS) is 10.5. The average molecular weight is 316 g/mol. The highest BCUT2D eigenvalue weighted by atomic mass is 35.5. The number of Topliss-reactive ketones (excluding diaryl/α,β-unsaturated/α-hetero) is 1. The summed E-state index contributed by atoms with van der Waals surface area (Å²) in [5, 5.41) is 3.14. The van der Waals surface area contributed by atoms with Gasteiger partial charge >= 0.3 is 0 Å². The van der Waals surface area contributed by atoms with Gasteiger partial charge < -0.3 is 5.32 Å². The van der Waals surface area contributed by atoms with Gasteiger partial charge in [0.15, 0.2) is 5.78 Å². The van der Waals surface area contributed by atoms with Crippen LogP contribution in [0, 0.1) is 0 Å². The largest absolute Gasteiger partial charge is 0.345 e. The number of ketones is 1. The molecule has 2 aromatic rings. The minimum atomic E-state index is -0.259. The molecule has 2 rings (SSSR count). The van der Waals surface area contributed by atoms with E-state index in [9.17, 15) is 9.59 Å². The lowest BCUT2D eigenvalue weighted by atomic mass is 10.0. The van der Waals surface area contributed by atoms with E-state index in [1.54, 1.807) is 36.4 Å². The van der Waals surface area contributed by atoms with E-state index in [-0.39, 0.29) is 18.2 Å². The first-order valence-electron chi connectivity index (χ1n) is 7.14. The van der Waals surface area contributed by atoms with Crippen molar-refractivity contribution in [1.29, 1.82) is 0 Å². The molecular weight excluding hydrogens is 298 g/mol. The summed E-state index contributed by atoms with van der Waals surface area (Å²) in [7, 11) is 0. The van der Waals surface area contributed by atoms with Gasteiger partial charge in [0.2, 0.25) is 0 Å². The Labute approximate surface area is 135 Å². The first kappa shape index (κ1) is 16.2. The van der Waals surface area contributed by atoms with Crippen LogP contribution in [-0.2, 0) is 0 Å². The molecule has 0 saturated heterocycles. The van der Waals surface area contributed by atoms with E-state index in [1.165, 1.54) is 5.56 Å². The van der Waals surface area contributed by atoms with Crippen LogP contribution < -0.4 is 5.32 Å². The Morgan fingerprint density at radius 1 is 1.05 bits per heavy atom. The van der Waals surface area contributed by atoms with Crippen LogP contribution in [0.4, 0.5) is 0 Å². The monoisotopic (exact) mass is 315 g/mol. The van der Waals surface area contributed by atoms with E-state index in [2.05, 4.69) is 19.2 Å². The Morgan fingerprint density at radius 3 is 2.32 bits per heavy atom. The highest BCUT2D eigenvalue weighted by Crippen LogP contribution is 2.15. The highest BCUT2D eigenvalue weighted by molar-refractivity contribution is 6.31. The van der Waals surface area contributed by atoms with Crippen molar-refractivity contribution in [2.24, 2.45) is 0 Å². The molecule has 0 aromatic heterocycles. The van der Waals surface area contributed by atoms with Gasteiger partial charge in [-0.1, -0.05) is 49.7 Å². The molecule has 0 aliphatic rings. The zero-order chi connectivity index (χ0) is 16.1. The molecule has 4 heteroatoms. The zero-order valence-corrected chi connectivity index (χ0v) is 13.4. The fraction of sp³-hybridized carbons (Fsp3) is 0.222. The third kappa shape index (κ3) is 4.18. The first-order chi connectivity index (χ1) is 10.5. The maximum absolute atomic E-state index is 12.0. The van der Waals surface area contributed by atoms with Crippen LogP contribution in [0.5, 0.6) is 0 Å². The summed E-state index contributed by atoms with van der Waals surface area (Å²) in [4.78, 5) is 24.0. The summed E-state index contributed by atoms with van der Waals surface area (Å²) in [5.41, 5.74) is 2.21. The molecule has 22 heavy (non-hydrogen) atoms. The Balaban J connectivity index is 1.96. The number of carbonyl (C=O) groups excluding carboxylic acids is 2. The standard InChI is InChI=1S/C18H18ClNO2/c1-12(2)13-6-8-14(9-7-13)18(22)20-11-17(21)15-4-3-5-16(19)10-15/h3-10,12H,11H2,1-2H3,(H,20,22). The Hall–Kier alpha value is -2.13. The van der Waals surface area contributed by atoms with Crippen molar-refractivity contribution in [3.05, 3.63) is 70.2 Å². The number of halogens is 1. The van der Waals surface area contributed by atoms with Crippen LogP contribution >= 0.6 is 11.6 Å².